The van der Waals surface area contributed by atoms with E-state index in [-0.39, 0.29) is 12.1 Å². The van der Waals surface area contributed by atoms with Gasteiger partial charge in [-0.2, -0.15) is 0 Å². The number of urea groups is 1. The van der Waals surface area contributed by atoms with Crippen molar-refractivity contribution in [2.24, 2.45) is 0 Å². The quantitative estimate of drug-likeness (QED) is 0.749. The van der Waals surface area contributed by atoms with Gasteiger partial charge in [0.05, 0.1) is 10.7 Å². The van der Waals surface area contributed by atoms with Gasteiger partial charge in [-0.3, -0.25) is 0 Å². The number of nitrogens with one attached hydrogen (secondary N) is 1. The maximum atomic E-state index is 12.7. The van der Waals surface area contributed by atoms with Crippen molar-refractivity contribution in [1.29, 1.82) is 0 Å². The van der Waals surface area contributed by atoms with Crippen LogP contribution >= 0.6 is 11.3 Å². The Morgan fingerprint density at radius 1 is 1.27 bits per heavy atom. The van der Waals surface area contributed by atoms with Crippen molar-refractivity contribution < 1.29 is 4.79 Å². The minimum atomic E-state index is -0.0177. The van der Waals surface area contributed by atoms with Gasteiger partial charge < -0.3 is 10.2 Å². The highest BCUT2D eigenvalue weighted by Gasteiger charge is 2.32. The second-order valence-corrected chi connectivity index (χ2v) is 7.82. The lowest BCUT2D eigenvalue weighted by atomic mass is 10.2. The minimum Gasteiger partial charge on any atom is -0.334 e. The zero-order valence-corrected chi connectivity index (χ0v) is 15.8. The monoisotopic (exact) mass is 366 g/mol. The third-order valence-corrected chi connectivity index (χ3v) is 6.02. The molecule has 0 spiro atoms. The second-order valence-electron chi connectivity index (χ2n) is 6.76. The first-order valence-electron chi connectivity index (χ1n) is 8.95. The zero-order valence-electron chi connectivity index (χ0n) is 15.0. The number of rotatable bonds is 3. The van der Waals surface area contributed by atoms with Crippen LogP contribution in [0.5, 0.6) is 0 Å². The van der Waals surface area contributed by atoms with E-state index in [0.717, 1.165) is 46.0 Å². The number of thiazole rings is 1. The van der Waals surface area contributed by atoms with E-state index in [1.807, 2.05) is 42.2 Å². The van der Waals surface area contributed by atoms with Crippen LogP contribution in [0.2, 0.25) is 0 Å². The highest BCUT2D eigenvalue weighted by Crippen LogP contribution is 2.36. The normalized spacial score (nSPS) is 17.0. The number of benzene rings is 1. The zero-order chi connectivity index (χ0) is 18.1. The molecule has 26 heavy (non-hydrogen) atoms. The lowest BCUT2D eigenvalue weighted by molar-refractivity contribution is 0.192. The predicted octanol–water partition coefficient (Wildman–Crippen LogP) is 4.35. The van der Waals surface area contributed by atoms with Crippen molar-refractivity contribution in [3.05, 3.63) is 58.2 Å². The van der Waals surface area contributed by atoms with Gasteiger partial charge >= 0.3 is 6.03 Å². The van der Waals surface area contributed by atoms with E-state index in [9.17, 15) is 4.79 Å². The summed E-state index contributed by atoms with van der Waals surface area (Å²) in [5.74, 6) is 0. The molecular formula is C20H22N4OS. The fraction of sp³-hybridized carbons (Fsp3) is 0.350. The average molecular weight is 366 g/mol. The summed E-state index contributed by atoms with van der Waals surface area (Å²) in [5, 5.41) is 4.03. The molecule has 0 bridgehead atoms. The highest BCUT2D eigenvalue weighted by molar-refractivity contribution is 7.18. The first kappa shape index (κ1) is 17.0. The molecule has 3 aromatic rings. The molecule has 5 nitrogen and oxygen atoms in total. The number of aryl methyl sites for hydroxylation is 2. The minimum absolute atomic E-state index is 0.0177. The predicted molar refractivity (Wildman–Crippen MR) is 104 cm³/mol. The van der Waals surface area contributed by atoms with Crippen LogP contribution in [-0.4, -0.2) is 27.4 Å². The van der Waals surface area contributed by atoms with Crippen LogP contribution in [0.15, 0.2) is 36.4 Å². The molecule has 6 heteroatoms. The highest BCUT2D eigenvalue weighted by atomic mass is 32.1. The molecule has 0 aliphatic carbocycles. The third kappa shape index (κ3) is 3.29. The summed E-state index contributed by atoms with van der Waals surface area (Å²) in [7, 11) is 0. The van der Waals surface area contributed by atoms with Crippen LogP contribution in [0.4, 0.5) is 4.79 Å². The number of carbonyl (C=O) groups excluding carboxylic acids is 1. The number of nitrogens with zero attached hydrogens (tertiary/aromatic N) is 3. The Hall–Kier alpha value is -2.47. The Labute approximate surface area is 157 Å². The van der Waals surface area contributed by atoms with Gasteiger partial charge in [0, 0.05) is 18.8 Å². The number of likely N-dealkylation sites (tertiary alicyclic amines) is 1. The van der Waals surface area contributed by atoms with Gasteiger partial charge in [0.15, 0.2) is 5.65 Å². The topological polar surface area (TPSA) is 58.1 Å². The molecule has 2 amide bonds. The van der Waals surface area contributed by atoms with Crippen LogP contribution in [0, 0.1) is 13.8 Å². The lowest BCUT2D eigenvalue weighted by Crippen LogP contribution is -2.39. The fourth-order valence-electron chi connectivity index (χ4n) is 3.35. The molecule has 0 unspecified atom stereocenters. The maximum absolute atomic E-state index is 12.7. The van der Waals surface area contributed by atoms with Gasteiger partial charge in [0.25, 0.3) is 0 Å². The Morgan fingerprint density at radius 2 is 2.08 bits per heavy atom. The summed E-state index contributed by atoms with van der Waals surface area (Å²) in [4.78, 5) is 23.9. The van der Waals surface area contributed by atoms with Crippen LogP contribution < -0.4 is 5.32 Å². The van der Waals surface area contributed by atoms with Crippen molar-refractivity contribution in [2.45, 2.75) is 39.3 Å². The van der Waals surface area contributed by atoms with Gasteiger partial charge in [0.2, 0.25) is 0 Å². The molecule has 0 saturated carbocycles. The van der Waals surface area contributed by atoms with Gasteiger partial charge in [-0.25, -0.2) is 14.8 Å². The molecule has 3 heterocycles. The number of carbonyl (C=O) groups is 1. The van der Waals surface area contributed by atoms with Crippen LogP contribution in [0.1, 0.15) is 40.7 Å². The number of amides is 2. The van der Waals surface area contributed by atoms with Crippen LogP contribution in [0.25, 0.3) is 10.3 Å². The number of hydrogen-bond acceptors (Lipinski definition) is 4. The largest absolute Gasteiger partial charge is 0.334 e. The molecular weight excluding hydrogens is 344 g/mol. The summed E-state index contributed by atoms with van der Waals surface area (Å²) >= 11 is 1.66. The number of hydrogen-bond donors (Lipinski definition) is 1. The van der Waals surface area contributed by atoms with E-state index in [1.165, 1.54) is 5.56 Å². The van der Waals surface area contributed by atoms with Gasteiger partial charge in [-0.15, -0.1) is 11.3 Å². The van der Waals surface area contributed by atoms with E-state index in [0.29, 0.717) is 6.54 Å². The molecule has 1 aliphatic heterocycles. The molecule has 134 valence electrons. The molecule has 1 aliphatic rings. The lowest BCUT2D eigenvalue weighted by Gasteiger charge is -2.23. The Morgan fingerprint density at radius 3 is 2.88 bits per heavy atom. The molecule has 1 atom stereocenters. The van der Waals surface area contributed by atoms with Crippen molar-refractivity contribution >= 4 is 27.7 Å². The van der Waals surface area contributed by atoms with Crippen molar-refractivity contribution in [1.82, 2.24) is 20.2 Å². The molecule has 1 aromatic carbocycles. The number of fused-ring (bicyclic) bond motifs is 1. The Kier molecular flexibility index (Phi) is 4.59. The molecule has 1 saturated heterocycles. The molecule has 4 rings (SSSR count). The first-order valence-corrected chi connectivity index (χ1v) is 9.76. The summed E-state index contributed by atoms with van der Waals surface area (Å²) in [6, 6.07) is 12.2. The number of pyridine rings is 1. The average Bonchev–Trinajstić information content (AvgIpc) is 3.27. The molecule has 2 aromatic heterocycles. The van der Waals surface area contributed by atoms with Gasteiger partial charge in [0.1, 0.15) is 5.01 Å². The Balaban J connectivity index is 1.51. The summed E-state index contributed by atoms with van der Waals surface area (Å²) in [5.41, 5.74) is 4.09. The standard InChI is InChI=1S/C20H22N4OS/c1-13-11-17-18(22-14(13)2)23-19(26-17)16-9-6-10-24(16)20(25)21-12-15-7-4-3-5-8-15/h3-5,7-8,11,16H,6,9-10,12H2,1-2H3,(H,21,25)/t16-/m1/s1. The van der Waals surface area contributed by atoms with Crippen molar-refractivity contribution in [3.8, 4) is 0 Å². The summed E-state index contributed by atoms with van der Waals surface area (Å²) in [6.45, 7) is 5.39. The first-order chi connectivity index (χ1) is 12.6. The maximum Gasteiger partial charge on any atom is 0.318 e. The van der Waals surface area contributed by atoms with E-state index >= 15 is 0 Å². The Bertz CT molecular complexity index is 899. The molecule has 1 N–H and O–H groups in total. The van der Waals surface area contributed by atoms with E-state index in [2.05, 4.69) is 23.3 Å². The van der Waals surface area contributed by atoms with E-state index in [1.54, 1.807) is 11.3 Å². The van der Waals surface area contributed by atoms with Crippen molar-refractivity contribution in [2.75, 3.05) is 6.54 Å². The third-order valence-electron chi connectivity index (χ3n) is 4.93. The second kappa shape index (κ2) is 7.03. The van der Waals surface area contributed by atoms with E-state index < -0.39 is 0 Å². The van der Waals surface area contributed by atoms with Crippen LogP contribution in [-0.2, 0) is 6.54 Å². The smallest absolute Gasteiger partial charge is 0.318 e. The summed E-state index contributed by atoms with van der Waals surface area (Å²) < 4.78 is 1.10. The van der Waals surface area contributed by atoms with E-state index in [4.69, 9.17) is 4.98 Å². The number of aromatic nitrogens is 2. The molecule has 1 fully saturated rings. The SMILES string of the molecule is Cc1cc2sc([C@H]3CCCN3C(=O)NCc3ccccc3)nc2nc1C. The van der Waals surface area contributed by atoms with Crippen molar-refractivity contribution in [3.63, 3.8) is 0 Å². The van der Waals surface area contributed by atoms with Crippen LogP contribution in [0.3, 0.4) is 0 Å². The molecule has 0 radical (unpaired) electrons. The summed E-state index contributed by atoms with van der Waals surface area (Å²) in [6.07, 6.45) is 1.96. The fourth-order valence-corrected chi connectivity index (χ4v) is 4.50. The van der Waals surface area contributed by atoms with Gasteiger partial charge in [-0.1, -0.05) is 30.3 Å². The van der Waals surface area contributed by atoms with Gasteiger partial charge in [-0.05, 0) is 43.9 Å².